The Bertz CT molecular complexity index is 579. The molecular formula is C16H21N3S. The Morgan fingerprint density at radius 1 is 1.45 bits per heavy atom. The van der Waals surface area contributed by atoms with Crippen LogP contribution in [0.4, 0.5) is 0 Å². The molecule has 1 aliphatic heterocycles. The molecule has 3 nitrogen and oxygen atoms in total. The summed E-state index contributed by atoms with van der Waals surface area (Å²) in [6, 6.07) is 9.07. The fourth-order valence-corrected chi connectivity index (χ4v) is 4.15. The van der Waals surface area contributed by atoms with Crippen LogP contribution < -0.4 is 5.32 Å². The largest absolute Gasteiger partial charge is 0.337 e. The summed E-state index contributed by atoms with van der Waals surface area (Å²) in [5.41, 5.74) is 1.47. The Morgan fingerprint density at radius 3 is 3.05 bits per heavy atom. The van der Waals surface area contributed by atoms with Crippen molar-refractivity contribution in [2.75, 3.05) is 12.3 Å². The molecule has 2 unspecified atom stereocenters. The van der Waals surface area contributed by atoms with Crippen molar-refractivity contribution in [2.24, 2.45) is 7.05 Å². The number of rotatable bonds is 5. The lowest BCUT2D eigenvalue weighted by atomic mass is 9.92. The van der Waals surface area contributed by atoms with Crippen molar-refractivity contribution in [1.82, 2.24) is 14.9 Å². The van der Waals surface area contributed by atoms with Crippen LogP contribution in [-0.4, -0.2) is 21.8 Å². The van der Waals surface area contributed by atoms with Crippen LogP contribution >= 0.6 is 11.8 Å². The van der Waals surface area contributed by atoms with E-state index in [-0.39, 0.29) is 0 Å². The van der Waals surface area contributed by atoms with Crippen LogP contribution in [0.2, 0.25) is 0 Å². The fourth-order valence-electron chi connectivity index (χ4n) is 2.85. The molecular weight excluding hydrogens is 266 g/mol. The molecule has 2 heterocycles. The van der Waals surface area contributed by atoms with E-state index in [1.807, 2.05) is 24.2 Å². The molecule has 0 radical (unpaired) electrons. The number of nitrogens with zero attached hydrogens (tertiary/aromatic N) is 2. The third kappa shape index (κ3) is 2.50. The van der Waals surface area contributed by atoms with E-state index in [1.165, 1.54) is 10.5 Å². The zero-order chi connectivity index (χ0) is 13.9. The van der Waals surface area contributed by atoms with E-state index in [1.54, 1.807) is 0 Å². The molecule has 0 bridgehead atoms. The van der Waals surface area contributed by atoms with Crippen molar-refractivity contribution in [3.63, 3.8) is 0 Å². The maximum atomic E-state index is 4.58. The Balaban J connectivity index is 1.93. The minimum Gasteiger partial charge on any atom is -0.337 e. The quantitative estimate of drug-likeness (QED) is 0.914. The summed E-state index contributed by atoms with van der Waals surface area (Å²) < 4.78 is 2.14. The molecule has 0 saturated heterocycles. The van der Waals surface area contributed by atoms with Gasteiger partial charge in [-0.3, -0.25) is 0 Å². The molecule has 0 fully saturated rings. The van der Waals surface area contributed by atoms with Gasteiger partial charge in [-0.15, -0.1) is 11.8 Å². The van der Waals surface area contributed by atoms with E-state index in [0.29, 0.717) is 12.0 Å². The third-order valence-corrected chi connectivity index (χ3v) is 5.10. The Kier molecular flexibility index (Phi) is 4.13. The molecule has 0 amide bonds. The van der Waals surface area contributed by atoms with Crippen molar-refractivity contribution in [3.05, 3.63) is 48.0 Å². The van der Waals surface area contributed by atoms with E-state index in [0.717, 1.165) is 24.5 Å². The highest BCUT2D eigenvalue weighted by molar-refractivity contribution is 7.99. The molecule has 20 heavy (non-hydrogen) atoms. The molecule has 4 heteroatoms. The summed E-state index contributed by atoms with van der Waals surface area (Å²) in [7, 11) is 2.08. The number of fused-ring (bicyclic) bond motifs is 1. The first-order valence-corrected chi connectivity index (χ1v) is 8.22. The van der Waals surface area contributed by atoms with Crippen LogP contribution in [0, 0.1) is 0 Å². The molecule has 0 aliphatic carbocycles. The molecule has 0 saturated carbocycles. The van der Waals surface area contributed by atoms with E-state index in [2.05, 4.69) is 53.1 Å². The highest BCUT2D eigenvalue weighted by atomic mass is 32.2. The zero-order valence-corrected chi connectivity index (χ0v) is 12.9. The summed E-state index contributed by atoms with van der Waals surface area (Å²) in [6.45, 7) is 3.24. The van der Waals surface area contributed by atoms with Crippen LogP contribution in [-0.2, 0) is 7.05 Å². The molecule has 2 aromatic rings. The smallest absolute Gasteiger partial charge is 0.126 e. The first-order chi connectivity index (χ1) is 9.81. The van der Waals surface area contributed by atoms with Gasteiger partial charge >= 0.3 is 0 Å². The van der Waals surface area contributed by atoms with Crippen molar-refractivity contribution >= 4 is 11.8 Å². The van der Waals surface area contributed by atoms with Crippen LogP contribution in [0.3, 0.4) is 0 Å². The maximum Gasteiger partial charge on any atom is 0.126 e. The molecule has 1 aromatic carbocycles. The van der Waals surface area contributed by atoms with Gasteiger partial charge in [0.1, 0.15) is 5.82 Å². The zero-order valence-electron chi connectivity index (χ0n) is 12.0. The predicted octanol–water partition coefficient (Wildman–Crippen LogP) is 3.35. The van der Waals surface area contributed by atoms with Crippen LogP contribution in [0.15, 0.2) is 41.6 Å². The Morgan fingerprint density at radius 2 is 2.30 bits per heavy atom. The number of hydrogen-bond donors (Lipinski definition) is 1. The second-order valence-corrected chi connectivity index (χ2v) is 6.35. The van der Waals surface area contributed by atoms with Crippen LogP contribution in [0.25, 0.3) is 0 Å². The SMILES string of the molecule is CCCNC(c1nccn1C)C1CSc2ccccc21. The number of benzene rings is 1. The lowest BCUT2D eigenvalue weighted by molar-refractivity contribution is 0.440. The second-order valence-electron chi connectivity index (χ2n) is 5.28. The normalized spacial score (nSPS) is 19.0. The number of thioether (sulfide) groups is 1. The molecule has 1 aliphatic rings. The van der Waals surface area contributed by atoms with E-state index in [9.17, 15) is 0 Å². The van der Waals surface area contributed by atoms with Crippen molar-refractivity contribution in [3.8, 4) is 0 Å². The summed E-state index contributed by atoms with van der Waals surface area (Å²) in [5.74, 6) is 2.78. The maximum absolute atomic E-state index is 4.58. The Labute approximate surface area is 124 Å². The van der Waals surface area contributed by atoms with Gasteiger partial charge in [0.2, 0.25) is 0 Å². The highest BCUT2D eigenvalue weighted by Crippen LogP contribution is 2.45. The van der Waals surface area contributed by atoms with Crippen molar-refractivity contribution in [2.45, 2.75) is 30.2 Å². The van der Waals surface area contributed by atoms with E-state index >= 15 is 0 Å². The topological polar surface area (TPSA) is 29.9 Å². The summed E-state index contributed by atoms with van der Waals surface area (Å²) in [6.07, 6.45) is 5.07. The lowest BCUT2D eigenvalue weighted by Gasteiger charge is -2.25. The van der Waals surface area contributed by atoms with Gasteiger partial charge in [-0.25, -0.2) is 4.98 Å². The van der Waals surface area contributed by atoms with Crippen molar-refractivity contribution in [1.29, 1.82) is 0 Å². The predicted molar refractivity (Wildman–Crippen MR) is 84.1 cm³/mol. The van der Waals surface area contributed by atoms with Crippen molar-refractivity contribution < 1.29 is 0 Å². The average molecular weight is 287 g/mol. The van der Waals surface area contributed by atoms with E-state index < -0.39 is 0 Å². The molecule has 0 spiro atoms. The minimum absolute atomic E-state index is 0.297. The standard InChI is InChI=1S/C16H21N3S/c1-3-8-17-15(16-18-9-10-19(16)2)13-11-20-14-7-5-4-6-12(13)14/h4-7,9-10,13,15,17H,3,8,11H2,1-2H3. The number of imidazole rings is 1. The number of aryl methyl sites for hydroxylation is 1. The van der Waals surface area contributed by atoms with Gasteiger partial charge < -0.3 is 9.88 Å². The van der Waals surface area contributed by atoms with Gasteiger partial charge in [-0.2, -0.15) is 0 Å². The van der Waals surface area contributed by atoms with Crippen LogP contribution in [0.1, 0.15) is 36.7 Å². The van der Waals surface area contributed by atoms with Crippen LogP contribution in [0.5, 0.6) is 0 Å². The third-order valence-electron chi connectivity index (χ3n) is 3.89. The van der Waals surface area contributed by atoms with Gasteiger partial charge in [0.05, 0.1) is 6.04 Å². The molecule has 106 valence electrons. The van der Waals surface area contributed by atoms with Gasteiger partial charge in [0.15, 0.2) is 0 Å². The number of nitrogens with one attached hydrogen (secondary N) is 1. The highest BCUT2D eigenvalue weighted by Gasteiger charge is 2.32. The van der Waals surface area contributed by atoms with Gasteiger partial charge in [-0.1, -0.05) is 25.1 Å². The first kappa shape index (κ1) is 13.7. The second kappa shape index (κ2) is 6.02. The molecule has 1 aromatic heterocycles. The average Bonchev–Trinajstić information content (AvgIpc) is 3.07. The summed E-state index contributed by atoms with van der Waals surface area (Å²) >= 11 is 1.96. The Hall–Kier alpha value is -1.26. The van der Waals surface area contributed by atoms with E-state index in [4.69, 9.17) is 0 Å². The monoisotopic (exact) mass is 287 g/mol. The number of hydrogen-bond acceptors (Lipinski definition) is 3. The van der Waals surface area contributed by atoms with Gasteiger partial charge in [0, 0.05) is 36.0 Å². The van der Waals surface area contributed by atoms with Gasteiger partial charge in [0.25, 0.3) is 0 Å². The fraction of sp³-hybridized carbons (Fsp3) is 0.438. The molecule has 1 N–H and O–H groups in total. The first-order valence-electron chi connectivity index (χ1n) is 7.23. The molecule has 2 atom stereocenters. The summed E-state index contributed by atoms with van der Waals surface area (Å²) in [4.78, 5) is 6.00. The summed E-state index contributed by atoms with van der Waals surface area (Å²) in [5, 5.41) is 3.70. The minimum atomic E-state index is 0.297. The lowest BCUT2D eigenvalue weighted by Crippen LogP contribution is -2.30. The van der Waals surface area contributed by atoms with Gasteiger partial charge in [-0.05, 0) is 24.6 Å². The molecule has 3 rings (SSSR count). The number of aromatic nitrogens is 2.